The number of nitrogens with two attached hydrogens (primary N) is 1. The fraction of sp³-hybridized carbons (Fsp3) is 0.444. The number of primary amides is 1. The van der Waals surface area contributed by atoms with Gasteiger partial charge in [-0.25, -0.2) is 9.18 Å². The Morgan fingerprint density at radius 2 is 2.00 bits per heavy atom. The fourth-order valence-electron chi connectivity index (χ4n) is 4.91. The van der Waals surface area contributed by atoms with Crippen LogP contribution in [0.25, 0.3) is 0 Å². The lowest BCUT2D eigenvalue weighted by Gasteiger charge is -2.31. The summed E-state index contributed by atoms with van der Waals surface area (Å²) in [5.74, 6) is -1.03. The molecule has 2 aliphatic rings. The number of nitrogens with zero attached hydrogens (tertiary/aromatic N) is 1. The quantitative estimate of drug-likeness (QED) is 0.448. The van der Waals surface area contributed by atoms with E-state index in [9.17, 15) is 14.4 Å². The molecule has 0 aromatic heterocycles. The number of halogens is 1. The molecule has 3 amide bonds. The number of carbonyl (C=O) groups is 3. The Balaban J connectivity index is 1.34. The second kappa shape index (κ2) is 11.2. The van der Waals surface area contributed by atoms with Gasteiger partial charge in [-0.2, -0.15) is 0 Å². The maximum absolute atomic E-state index is 15.3. The lowest BCUT2D eigenvalue weighted by molar-refractivity contribution is -0.127. The van der Waals surface area contributed by atoms with Crippen molar-refractivity contribution in [2.75, 3.05) is 37.7 Å². The molecule has 2 aliphatic heterocycles. The van der Waals surface area contributed by atoms with Gasteiger partial charge in [0.15, 0.2) is 0 Å². The van der Waals surface area contributed by atoms with Gasteiger partial charge in [0, 0.05) is 19.6 Å². The van der Waals surface area contributed by atoms with Crippen molar-refractivity contribution in [3.8, 4) is 0 Å². The van der Waals surface area contributed by atoms with Crippen molar-refractivity contribution in [2.24, 2.45) is 17.6 Å². The van der Waals surface area contributed by atoms with Crippen LogP contribution in [0.4, 0.5) is 14.9 Å². The first-order chi connectivity index (χ1) is 17.7. The van der Waals surface area contributed by atoms with E-state index in [1.807, 2.05) is 35.2 Å². The molecule has 37 heavy (non-hydrogen) atoms. The fourth-order valence-corrected chi connectivity index (χ4v) is 4.91. The Bertz CT molecular complexity index is 1150. The van der Waals surface area contributed by atoms with Crippen LogP contribution < -0.4 is 21.3 Å². The van der Waals surface area contributed by atoms with E-state index in [1.54, 1.807) is 19.1 Å². The lowest BCUT2D eigenvalue weighted by Crippen LogP contribution is -2.49. The van der Waals surface area contributed by atoms with Crippen LogP contribution in [0.3, 0.4) is 0 Å². The van der Waals surface area contributed by atoms with Gasteiger partial charge in [-0.3, -0.25) is 9.59 Å². The normalized spacial score (nSPS) is 22.7. The number of anilines is 1. The molecule has 0 radical (unpaired) electrons. The van der Waals surface area contributed by atoms with Gasteiger partial charge >= 0.3 is 6.09 Å². The Kier molecular flexibility index (Phi) is 7.97. The molecule has 0 bridgehead atoms. The summed E-state index contributed by atoms with van der Waals surface area (Å²) in [6.45, 7) is 5.72. The molecule has 2 aromatic rings. The number of nitrogens with one attached hydrogen (secondary N) is 2. The molecule has 2 fully saturated rings. The summed E-state index contributed by atoms with van der Waals surface area (Å²) in [6, 6.07) is 14.2. The van der Waals surface area contributed by atoms with Gasteiger partial charge in [0.2, 0.25) is 11.8 Å². The van der Waals surface area contributed by atoms with E-state index in [2.05, 4.69) is 17.6 Å². The number of alkyl carbamates (subject to hydrolysis) is 1. The van der Waals surface area contributed by atoms with E-state index in [0.717, 1.165) is 5.56 Å². The summed E-state index contributed by atoms with van der Waals surface area (Å²) in [5, 5.41) is 5.43. The highest BCUT2D eigenvalue weighted by Gasteiger charge is 2.47. The molecular formula is C27H33FN4O5. The summed E-state index contributed by atoms with van der Waals surface area (Å²) in [6.07, 6.45) is -1.47. The average Bonchev–Trinajstić information content (AvgIpc) is 3.48. The largest absolute Gasteiger partial charge is 0.443 e. The smallest absolute Gasteiger partial charge is 0.407 e. The molecule has 4 atom stereocenters. The molecule has 9 nitrogen and oxygen atoms in total. The van der Waals surface area contributed by atoms with Crippen molar-refractivity contribution in [2.45, 2.75) is 32.0 Å². The first-order valence-corrected chi connectivity index (χ1v) is 12.4. The van der Waals surface area contributed by atoms with Crippen molar-refractivity contribution in [3.05, 3.63) is 65.5 Å². The lowest BCUT2D eigenvalue weighted by atomic mass is 9.76. The van der Waals surface area contributed by atoms with E-state index >= 15 is 4.39 Å². The van der Waals surface area contributed by atoms with Crippen LogP contribution in [-0.2, 0) is 31.1 Å². The molecule has 0 aliphatic carbocycles. The van der Waals surface area contributed by atoms with E-state index in [4.69, 9.17) is 15.2 Å². The van der Waals surface area contributed by atoms with Crippen molar-refractivity contribution < 1.29 is 28.2 Å². The van der Waals surface area contributed by atoms with Crippen LogP contribution in [0, 0.1) is 17.7 Å². The average molecular weight is 513 g/mol. The zero-order valence-corrected chi connectivity index (χ0v) is 21.0. The van der Waals surface area contributed by atoms with Crippen LogP contribution in [0.15, 0.2) is 48.5 Å². The number of rotatable bonds is 10. The number of benzene rings is 2. The summed E-state index contributed by atoms with van der Waals surface area (Å²) >= 11 is 0. The zero-order valence-electron chi connectivity index (χ0n) is 21.0. The third kappa shape index (κ3) is 5.85. The van der Waals surface area contributed by atoms with Gasteiger partial charge in [-0.05, 0) is 42.0 Å². The maximum Gasteiger partial charge on any atom is 0.407 e. The molecular weight excluding hydrogens is 479 g/mol. The van der Waals surface area contributed by atoms with Crippen LogP contribution in [0.2, 0.25) is 0 Å². The highest BCUT2D eigenvalue weighted by Crippen LogP contribution is 2.35. The van der Waals surface area contributed by atoms with Crippen LogP contribution >= 0.6 is 0 Å². The first-order valence-electron chi connectivity index (χ1n) is 12.4. The van der Waals surface area contributed by atoms with Crippen LogP contribution in [0.1, 0.15) is 25.0 Å². The minimum absolute atomic E-state index is 0.0275. The maximum atomic E-state index is 15.3. The van der Waals surface area contributed by atoms with Gasteiger partial charge in [0.1, 0.15) is 23.9 Å². The van der Waals surface area contributed by atoms with Gasteiger partial charge in [-0.1, -0.05) is 43.3 Å². The molecule has 2 heterocycles. The van der Waals surface area contributed by atoms with Crippen LogP contribution in [0.5, 0.6) is 0 Å². The number of carbonyl (C=O) groups excluding carboxylic acids is 3. The highest BCUT2D eigenvalue weighted by atomic mass is 19.1. The highest BCUT2D eigenvalue weighted by molar-refractivity contribution is 5.88. The molecule has 4 unspecified atom stereocenters. The van der Waals surface area contributed by atoms with Gasteiger partial charge < -0.3 is 30.7 Å². The van der Waals surface area contributed by atoms with E-state index in [1.165, 1.54) is 6.07 Å². The first kappa shape index (κ1) is 26.4. The Morgan fingerprint density at radius 1 is 1.24 bits per heavy atom. The topological polar surface area (TPSA) is 123 Å². The summed E-state index contributed by atoms with van der Waals surface area (Å²) in [7, 11) is 0. The zero-order chi connectivity index (χ0) is 26.6. The molecule has 0 spiro atoms. The second-order valence-corrected chi connectivity index (χ2v) is 9.93. The van der Waals surface area contributed by atoms with Gasteiger partial charge in [0.05, 0.1) is 18.8 Å². The molecule has 2 aromatic carbocycles. The van der Waals surface area contributed by atoms with E-state index in [0.29, 0.717) is 37.5 Å². The molecule has 198 valence electrons. The van der Waals surface area contributed by atoms with Crippen LogP contribution in [-0.4, -0.2) is 56.8 Å². The minimum atomic E-state index is -1.38. The van der Waals surface area contributed by atoms with E-state index in [-0.39, 0.29) is 30.9 Å². The second-order valence-electron chi connectivity index (χ2n) is 9.93. The Morgan fingerprint density at radius 3 is 2.65 bits per heavy atom. The van der Waals surface area contributed by atoms with Crippen molar-refractivity contribution in [1.82, 2.24) is 10.6 Å². The van der Waals surface area contributed by atoms with Crippen molar-refractivity contribution >= 4 is 23.6 Å². The monoisotopic (exact) mass is 512 g/mol. The summed E-state index contributed by atoms with van der Waals surface area (Å²) < 4.78 is 26.0. The molecule has 0 saturated carbocycles. The summed E-state index contributed by atoms with van der Waals surface area (Å²) in [5.41, 5.74) is 6.02. The predicted molar refractivity (Wildman–Crippen MR) is 135 cm³/mol. The third-order valence-electron chi connectivity index (χ3n) is 7.40. The van der Waals surface area contributed by atoms with Crippen molar-refractivity contribution in [1.29, 1.82) is 0 Å². The molecule has 2 saturated heterocycles. The minimum Gasteiger partial charge on any atom is -0.443 e. The molecule has 10 heteroatoms. The molecule has 4 rings (SSSR count). The van der Waals surface area contributed by atoms with Gasteiger partial charge in [-0.15, -0.1) is 0 Å². The number of ether oxygens (including phenoxy) is 2. The Labute approximate surface area is 215 Å². The number of hydrogen-bond acceptors (Lipinski definition) is 6. The summed E-state index contributed by atoms with van der Waals surface area (Å²) in [4.78, 5) is 38.0. The number of amides is 3. The molecule has 4 N–H and O–H groups in total. The number of hydrogen-bond donors (Lipinski definition) is 3. The number of cyclic esters (lactones) is 1. The van der Waals surface area contributed by atoms with E-state index < -0.39 is 29.3 Å². The Hall–Kier alpha value is -3.66. The van der Waals surface area contributed by atoms with Crippen molar-refractivity contribution in [3.63, 3.8) is 0 Å². The predicted octanol–water partition coefficient (Wildman–Crippen LogP) is 2.08. The SMILES string of the molecule is CC1CN(c2ccc(C(C)(C(N)=O)C3CNC(=O)O3)cc2F)CC1CNC(=O)COCc1ccccc1. The van der Waals surface area contributed by atoms with Gasteiger partial charge in [0.25, 0.3) is 0 Å². The third-order valence-corrected chi connectivity index (χ3v) is 7.40. The standard InChI is InChI=1S/C27H33FN4O5/c1-17-13-32(14-19(17)11-30-24(33)16-36-15-18-6-4-3-5-7-18)22-9-8-20(10-21(22)28)27(2,25(29)34)23-12-31-26(35)37-23/h3-10,17,19,23H,11-16H2,1-2H3,(H2,29,34)(H,30,33)(H,31,35).